The summed E-state index contributed by atoms with van der Waals surface area (Å²) in [6.07, 6.45) is 1.78. The van der Waals surface area contributed by atoms with E-state index in [2.05, 4.69) is 16.8 Å². The third-order valence-corrected chi connectivity index (χ3v) is 4.16. The Hall–Kier alpha value is -3.70. The first-order valence-corrected chi connectivity index (χ1v) is 8.37. The van der Waals surface area contributed by atoms with Crippen LogP contribution in [0.2, 0.25) is 0 Å². The minimum Gasteiger partial charge on any atom is -0.289 e. The van der Waals surface area contributed by atoms with Crippen molar-refractivity contribution in [1.29, 1.82) is 0 Å². The van der Waals surface area contributed by atoms with Crippen molar-refractivity contribution < 1.29 is 4.79 Å². The third-order valence-electron chi connectivity index (χ3n) is 4.16. The first-order chi connectivity index (χ1) is 12.8. The molecule has 0 fully saturated rings. The Kier molecular flexibility index (Phi) is 4.28. The first-order valence-electron chi connectivity index (χ1n) is 8.37. The molecule has 4 rings (SSSR count). The number of carbonyl (C=O) groups is 1. The van der Waals surface area contributed by atoms with Gasteiger partial charge in [0, 0.05) is 28.3 Å². The van der Waals surface area contributed by atoms with Gasteiger partial charge in [0.25, 0.3) is 0 Å². The van der Waals surface area contributed by atoms with Crippen LogP contribution in [-0.4, -0.2) is 10.8 Å². The molecule has 0 aliphatic heterocycles. The van der Waals surface area contributed by atoms with Crippen molar-refractivity contribution in [3.63, 3.8) is 0 Å². The van der Waals surface area contributed by atoms with E-state index in [9.17, 15) is 4.79 Å². The summed E-state index contributed by atoms with van der Waals surface area (Å²) in [5.74, 6) is 6.36. The molecule has 26 heavy (non-hydrogen) atoms. The lowest BCUT2D eigenvalue weighted by molar-refractivity contribution is 0.103. The van der Waals surface area contributed by atoms with E-state index in [4.69, 9.17) is 0 Å². The second kappa shape index (κ2) is 7.04. The Morgan fingerprint density at radius 2 is 1.42 bits per heavy atom. The third kappa shape index (κ3) is 3.24. The summed E-state index contributed by atoms with van der Waals surface area (Å²) in [5.41, 5.74) is 4.01. The number of hydrogen-bond donors (Lipinski definition) is 0. The van der Waals surface area contributed by atoms with E-state index >= 15 is 0 Å². The smallest absolute Gasteiger partial charge is 0.193 e. The van der Waals surface area contributed by atoms with Crippen LogP contribution in [0.15, 0.2) is 91.1 Å². The maximum Gasteiger partial charge on any atom is 0.193 e. The molecule has 0 saturated heterocycles. The van der Waals surface area contributed by atoms with Gasteiger partial charge >= 0.3 is 0 Å². The fourth-order valence-electron chi connectivity index (χ4n) is 2.81. The zero-order chi connectivity index (χ0) is 17.8. The number of fused-ring (bicyclic) bond motifs is 1. The highest BCUT2D eigenvalue weighted by Crippen LogP contribution is 2.15. The Morgan fingerprint density at radius 1 is 0.692 bits per heavy atom. The van der Waals surface area contributed by atoms with Gasteiger partial charge < -0.3 is 0 Å². The zero-order valence-electron chi connectivity index (χ0n) is 14.0. The number of rotatable bonds is 2. The molecule has 0 radical (unpaired) electrons. The summed E-state index contributed by atoms with van der Waals surface area (Å²) in [6, 6.07) is 26.6. The number of ketones is 1. The largest absolute Gasteiger partial charge is 0.289 e. The number of pyridine rings is 1. The lowest BCUT2D eigenvalue weighted by Gasteiger charge is -2.01. The van der Waals surface area contributed by atoms with Crippen molar-refractivity contribution in [3.8, 4) is 11.8 Å². The van der Waals surface area contributed by atoms with Gasteiger partial charge in [0.1, 0.15) is 0 Å². The molecule has 1 heterocycles. The molecule has 122 valence electrons. The van der Waals surface area contributed by atoms with Crippen LogP contribution >= 0.6 is 0 Å². The number of nitrogens with zero attached hydrogens (tertiary/aromatic N) is 1. The summed E-state index contributed by atoms with van der Waals surface area (Å²) in [7, 11) is 0. The van der Waals surface area contributed by atoms with Crippen LogP contribution in [0.5, 0.6) is 0 Å². The highest BCUT2D eigenvalue weighted by Gasteiger charge is 2.07. The molecule has 0 unspecified atom stereocenters. The van der Waals surface area contributed by atoms with Crippen molar-refractivity contribution in [2.24, 2.45) is 0 Å². The predicted octanol–water partition coefficient (Wildman–Crippen LogP) is 4.87. The van der Waals surface area contributed by atoms with Gasteiger partial charge in [0.2, 0.25) is 0 Å². The van der Waals surface area contributed by atoms with E-state index in [1.807, 2.05) is 84.9 Å². The van der Waals surface area contributed by atoms with Crippen LogP contribution in [0.25, 0.3) is 10.9 Å². The maximum atomic E-state index is 12.4. The lowest BCUT2D eigenvalue weighted by atomic mass is 10.0. The minimum absolute atomic E-state index is 0.0170. The topological polar surface area (TPSA) is 30.0 Å². The first kappa shape index (κ1) is 15.8. The van der Waals surface area contributed by atoms with Crippen LogP contribution in [0.4, 0.5) is 0 Å². The molecule has 0 amide bonds. The van der Waals surface area contributed by atoms with Gasteiger partial charge in [0.05, 0.1) is 11.1 Å². The zero-order valence-corrected chi connectivity index (χ0v) is 14.0. The molecule has 2 nitrogen and oxygen atoms in total. The molecule has 2 heteroatoms. The van der Waals surface area contributed by atoms with Gasteiger partial charge in [-0.1, -0.05) is 60.4 Å². The van der Waals surface area contributed by atoms with Crippen molar-refractivity contribution in [2.45, 2.75) is 0 Å². The monoisotopic (exact) mass is 333 g/mol. The van der Waals surface area contributed by atoms with E-state index in [1.54, 1.807) is 6.20 Å². The van der Waals surface area contributed by atoms with Crippen LogP contribution in [0.1, 0.15) is 27.0 Å². The van der Waals surface area contributed by atoms with E-state index in [0.717, 1.165) is 22.0 Å². The lowest BCUT2D eigenvalue weighted by Crippen LogP contribution is -2.00. The molecule has 0 aliphatic carbocycles. The van der Waals surface area contributed by atoms with Gasteiger partial charge in [-0.15, -0.1) is 0 Å². The van der Waals surface area contributed by atoms with Crippen molar-refractivity contribution in [3.05, 3.63) is 113 Å². The quantitative estimate of drug-likeness (QED) is 0.387. The average Bonchev–Trinajstić information content (AvgIpc) is 2.73. The molecular formula is C24H15NO. The average molecular weight is 333 g/mol. The second-order valence-electron chi connectivity index (χ2n) is 5.90. The summed E-state index contributed by atoms with van der Waals surface area (Å²) in [5, 5.41) is 1.07. The molecule has 0 atom stereocenters. The van der Waals surface area contributed by atoms with E-state index < -0.39 is 0 Å². The summed E-state index contributed by atoms with van der Waals surface area (Å²) in [6.45, 7) is 0. The van der Waals surface area contributed by atoms with Gasteiger partial charge in [-0.05, 0) is 36.4 Å². The van der Waals surface area contributed by atoms with Crippen LogP contribution < -0.4 is 0 Å². The van der Waals surface area contributed by atoms with Gasteiger partial charge in [0.15, 0.2) is 5.78 Å². The number of carbonyl (C=O) groups excluding carboxylic acids is 1. The fourth-order valence-corrected chi connectivity index (χ4v) is 2.81. The molecule has 0 bridgehead atoms. The Labute approximate surface area is 152 Å². The van der Waals surface area contributed by atoms with Crippen molar-refractivity contribution >= 4 is 16.7 Å². The maximum absolute atomic E-state index is 12.4. The Bertz CT molecular complexity index is 1130. The normalized spacial score (nSPS) is 10.2. The van der Waals surface area contributed by atoms with Crippen LogP contribution in [0, 0.1) is 11.8 Å². The van der Waals surface area contributed by atoms with E-state index in [1.165, 1.54) is 0 Å². The molecular weight excluding hydrogens is 318 g/mol. The summed E-state index contributed by atoms with van der Waals surface area (Å²) < 4.78 is 0. The summed E-state index contributed by atoms with van der Waals surface area (Å²) in [4.78, 5) is 16.9. The SMILES string of the molecule is O=C(c1ccccc1)c1ccc(C#Cc2cccc3cccnc23)cc1. The van der Waals surface area contributed by atoms with E-state index in [0.29, 0.717) is 11.1 Å². The minimum atomic E-state index is 0.0170. The van der Waals surface area contributed by atoms with Crippen molar-refractivity contribution in [1.82, 2.24) is 4.98 Å². The number of para-hydroxylation sites is 1. The fraction of sp³-hybridized carbons (Fsp3) is 0. The molecule has 3 aromatic carbocycles. The van der Waals surface area contributed by atoms with Crippen molar-refractivity contribution in [2.75, 3.05) is 0 Å². The van der Waals surface area contributed by atoms with Gasteiger partial charge in [-0.25, -0.2) is 0 Å². The molecule has 0 N–H and O–H groups in total. The molecule has 1 aromatic heterocycles. The van der Waals surface area contributed by atoms with Gasteiger partial charge in [-0.3, -0.25) is 9.78 Å². The molecule has 0 saturated carbocycles. The Balaban J connectivity index is 1.61. The number of benzene rings is 3. The standard InChI is InChI=1S/C24H15NO/c26-24(21-6-2-1-3-7-21)22-15-12-18(13-16-22)11-14-20-9-4-8-19-10-5-17-25-23(19)20/h1-10,12-13,15-17H. The Morgan fingerprint density at radius 3 is 2.23 bits per heavy atom. The van der Waals surface area contributed by atoms with Crippen LogP contribution in [-0.2, 0) is 0 Å². The molecule has 4 aromatic rings. The van der Waals surface area contributed by atoms with Crippen LogP contribution in [0.3, 0.4) is 0 Å². The predicted molar refractivity (Wildman–Crippen MR) is 104 cm³/mol. The highest BCUT2D eigenvalue weighted by molar-refractivity contribution is 6.08. The number of aromatic nitrogens is 1. The molecule has 0 spiro atoms. The van der Waals surface area contributed by atoms with E-state index in [-0.39, 0.29) is 5.78 Å². The number of hydrogen-bond acceptors (Lipinski definition) is 2. The van der Waals surface area contributed by atoms with Gasteiger partial charge in [-0.2, -0.15) is 0 Å². The summed E-state index contributed by atoms with van der Waals surface area (Å²) >= 11 is 0. The second-order valence-corrected chi connectivity index (χ2v) is 5.90. The highest BCUT2D eigenvalue weighted by atomic mass is 16.1. The molecule has 0 aliphatic rings.